The van der Waals surface area contributed by atoms with Crippen molar-refractivity contribution in [1.29, 1.82) is 0 Å². The highest BCUT2D eigenvalue weighted by atomic mass is 16.6. The maximum absolute atomic E-state index is 5.84. The van der Waals surface area contributed by atoms with Crippen LogP contribution in [-0.4, -0.2) is 23.1 Å². The van der Waals surface area contributed by atoms with Gasteiger partial charge in [-0.15, -0.1) is 10.2 Å². The van der Waals surface area contributed by atoms with Gasteiger partial charge in [0.1, 0.15) is 11.6 Å². The minimum absolute atomic E-state index is 0.0542. The maximum atomic E-state index is 5.84. The summed E-state index contributed by atoms with van der Waals surface area (Å²) in [7, 11) is 1.61. The summed E-state index contributed by atoms with van der Waals surface area (Å²) in [5, 5.41) is 11.8. The quantitative estimate of drug-likeness (QED) is 0.404. The van der Waals surface area contributed by atoms with Crippen LogP contribution >= 0.6 is 0 Å². The highest BCUT2D eigenvalue weighted by Crippen LogP contribution is 2.21. The topological polar surface area (TPSA) is 95.8 Å². The smallest absolute Gasteiger partial charge is 0.257 e. The van der Waals surface area contributed by atoms with Gasteiger partial charge in [0, 0.05) is 12.0 Å². The third-order valence-corrected chi connectivity index (χ3v) is 3.40. The van der Waals surface area contributed by atoms with Crippen molar-refractivity contribution in [2.75, 3.05) is 7.11 Å². The van der Waals surface area contributed by atoms with Crippen molar-refractivity contribution in [2.24, 2.45) is 10.9 Å². The number of nitrogens with zero attached hydrogens (tertiary/aromatic N) is 3. The lowest BCUT2D eigenvalue weighted by atomic mass is 10.1. The maximum Gasteiger partial charge on any atom is 0.257 e. The van der Waals surface area contributed by atoms with Crippen LogP contribution in [0, 0.1) is 0 Å². The standard InChI is InChI=1S/C18H18N4O3/c1-23-15-9-7-14(8-10-15)18-21-20-17(25-18)12-24-22-16(19)11-13-5-3-2-4-6-13/h2-10H,11-12H2,1H3,(H2,19,22). The summed E-state index contributed by atoms with van der Waals surface area (Å²) >= 11 is 0. The van der Waals surface area contributed by atoms with E-state index >= 15 is 0 Å². The van der Waals surface area contributed by atoms with E-state index in [1.54, 1.807) is 7.11 Å². The Morgan fingerprint density at radius 2 is 1.84 bits per heavy atom. The van der Waals surface area contributed by atoms with Gasteiger partial charge in [0.2, 0.25) is 5.89 Å². The molecule has 0 aliphatic heterocycles. The number of benzene rings is 2. The zero-order valence-electron chi connectivity index (χ0n) is 13.8. The van der Waals surface area contributed by atoms with E-state index < -0.39 is 0 Å². The van der Waals surface area contributed by atoms with Gasteiger partial charge in [-0.25, -0.2) is 0 Å². The Bertz CT molecular complexity index is 829. The van der Waals surface area contributed by atoms with Crippen LogP contribution in [0.4, 0.5) is 0 Å². The van der Waals surface area contributed by atoms with Gasteiger partial charge in [0.05, 0.1) is 7.11 Å². The lowest BCUT2D eigenvalue weighted by Gasteiger charge is -2.01. The molecule has 128 valence electrons. The van der Waals surface area contributed by atoms with Gasteiger partial charge < -0.3 is 19.7 Å². The van der Waals surface area contributed by atoms with E-state index in [0.717, 1.165) is 16.9 Å². The summed E-state index contributed by atoms with van der Waals surface area (Å²) in [5.41, 5.74) is 7.70. The van der Waals surface area contributed by atoms with Gasteiger partial charge in [-0.2, -0.15) is 0 Å². The molecule has 7 nitrogen and oxygen atoms in total. The summed E-state index contributed by atoms with van der Waals surface area (Å²) in [6.07, 6.45) is 0.516. The molecule has 0 saturated heterocycles. The predicted molar refractivity (Wildman–Crippen MR) is 92.8 cm³/mol. The Hall–Kier alpha value is -3.35. The van der Waals surface area contributed by atoms with Crippen LogP contribution in [0.25, 0.3) is 11.5 Å². The number of oxime groups is 1. The van der Waals surface area contributed by atoms with E-state index in [2.05, 4.69) is 15.4 Å². The molecule has 3 aromatic rings. The van der Waals surface area contributed by atoms with Crippen LogP contribution in [0.15, 0.2) is 64.2 Å². The lowest BCUT2D eigenvalue weighted by molar-refractivity contribution is 0.110. The van der Waals surface area contributed by atoms with Crippen molar-refractivity contribution in [3.05, 3.63) is 66.1 Å². The van der Waals surface area contributed by atoms with Crippen molar-refractivity contribution in [3.63, 3.8) is 0 Å². The Morgan fingerprint density at radius 1 is 1.08 bits per heavy atom. The molecule has 7 heteroatoms. The van der Waals surface area contributed by atoms with Gasteiger partial charge in [-0.05, 0) is 29.8 Å². The lowest BCUT2D eigenvalue weighted by Crippen LogP contribution is -2.15. The van der Waals surface area contributed by atoms with E-state index in [1.807, 2.05) is 54.6 Å². The monoisotopic (exact) mass is 338 g/mol. The van der Waals surface area contributed by atoms with Gasteiger partial charge >= 0.3 is 0 Å². The number of rotatable bonds is 7. The van der Waals surface area contributed by atoms with Gasteiger partial charge in [0.15, 0.2) is 6.61 Å². The average Bonchev–Trinajstić information content (AvgIpc) is 3.11. The average molecular weight is 338 g/mol. The first-order chi connectivity index (χ1) is 12.2. The van der Waals surface area contributed by atoms with Crippen LogP contribution < -0.4 is 10.5 Å². The fourth-order valence-corrected chi connectivity index (χ4v) is 2.17. The molecule has 0 amide bonds. The van der Waals surface area contributed by atoms with Crippen LogP contribution in [0.5, 0.6) is 5.75 Å². The Balaban J connectivity index is 1.55. The first-order valence-electron chi connectivity index (χ1n) is 7.69. The predicted octanol–water partition coefficient (Wildman–Crippen LogP) is 2.78. The van der Waals surface area contributed by atoms with E-state index in [4.69, 9.17) is 19.7 Å². The number of hydrogen-bond acceptors (Lipinski definition) is 6. The second-order valence-electron chi connectivity index (χ2n) is 5.25. The molecule has 1 heterocycles. The van der Waals surface area contributed by atoms with Gasteiger partial charge in [0.25, 0.3) is 5.89 Å². The number of hydrogen-bond donors (Lipinski definition) is 1. The fraction of sp³-hybridized carbons (Fsp3) is 0.167. The molecule has 0 fully saturated rings. The zero-order chi connectivity index (χ0) is 17.5. The number of nitrogens with two attached hydrogens (primary N) is 1. The van der Waals surface area contributed by atoms with Crippen LogP contribution in [0.1, 0.15) is 11.5 Å². The molecule has 3 rings (SSSR count). The molecule has 25 heavy (non-hydrogen) atoms. The molecule has 2 N–H and O–H groups in total. The van der Waals surface area contributed by atoms with E-state index in [-0.39, 0.29) is 6.61 Å². The largest absolute Gasteiger partial charge is 0.497 e. The molecule has 0 aliphatic rings. The molecule has 2 aromatic carbocycles. The van der Waals surface area contributed by atoms with E-state index in [9.17, 15) is 0 Å². The molecular formula is C18H18N4O3. The molecule has 0 spiro atoms. The van der Waals surface area contributed by atoms with Crippen LogP contribution in [0.3, 0.4) is 0 Å². The summed E-state index contributed by atoms with van der Waals surface area (Å²) < 4.78 is 10.7. The molecule has 0 atom stereocenters. The summed E-state index contributed by atoms with van der Waals surface area (Å²) in [5.74, 6) is 1.86. The van der Waals surface area contributed by atoms with Gasteiger partial charge in [-0.1, -0.05) is 35.5 Å². The fourth-order valence-electron chi connectivity index (χ4n) is 2.17. The van der Waals surface area contributed by atoms with E-state index in [1.165, 1.54) is 0 Å². The van der Waals surface area contributed by atoms with Crippen molar-refractivity contribution < 1.29 is 14.0 Å². The van der Waals surface area contributed by atoms with Crippen molar-refractivity contribution >= 4 is 5.84 Å². The van der Waals surface area contributed by atoms with Crippen LogP contribution in [0.2, 0.25) is 0 Å². The van der Waals surface area contributed by atoms with Crippen molar-refractivity contribution in [1.82, 2.24) is 10.2 Å². The highest BCUT2D eigenvalue weighted by molar-refractivity contribution is 5.82. The second-order valence-corrected chi connectivity index (χ2v) is 5.25. The molecular weight excluding hydrogens is 320 g/mol. The highest BCUT2D eigenvalue weighted by Gasteiger charge is 2.09. The molecule has 0 saturated carbocycles. The normalized spacial score (nSPS) is 11.3. The summed E-state index contributed by atoms with van der Waals surface area (Å²) in [6, 6.07) is 17.1. The number of methoxy groups -OCH3 is 1. The molecule has 0 unspecified atom stereocenters. The molecule has 0 bridgehead atoms. The number of aromatic nitrogens is 2. The van der Waals surface area contributed by atoms with E-state index in [0.29, 0.717) is 24.0 Å². The minimum Gasteiger partial charge on any atom is -0.497 e. The minimum atomic E-state index is 0.0542. The Labute approximate surface area is 145 Å². The van der Waals surface area contributed by atoms with Crippen molar-refractivity contribution in [2.45, 2.75) is 13.0 Å². The molecule has 0 radical (unpaired) electrons. The number of amidine groups is 1. The zero-order valence-corrected chi connectivity index (χ0v) is 13.8. The summed E-state index contributed by atoms with van der Waals surface area (Å²) in [4.78, 5) is 5.19. The number of ether oxygens (including phenoxy) is 1. The second kappa shape index (κ2) is 7.96. The molecule has 0 aliphatic carbocycles. The third-order valence-electron chi connectivity index (χ3n) is 3.40. The Morgan fingerprint density at radius 3 is 2.56 bits per heavy atom. The Kier molecular flexibility index (Phi) is 5.26. The third kappa shape index (κ3) is 4.57. The first-order valence-corrected chi connectivity index (χ1v) is 7.69. The molecule has 1 aromatic heterocycles. The first kappa shape index (κ1) is 16.5. The van der Waals surface area contributed by atoms with Gasteiger partial charge in [-0.3, -0.25) is 0 Å². The van der Waals surface area contributed by atoms with Crippen LogP contribution in [-0.2, 0) is 17.9 Å². The summed E-state index contributed by atoms with van der Waals surface area (Å²) in [6.45, 7) is 0.0542. The SMILES string of the molecule is COc1ccc(-c2nnc(CO/N=C(/N)Cc3ccccc3)o2)cc1. The van der Waals surface area contributed by atoms with Crippen molar-refractivity contribution in [3.8, 4) is 17.2 Å².